The van der Waals surface area contributed by atoms with Crippen LogP contribution >= 0.6 is 27.5 Å². The van der Waals surface area contributed by atoms with Crippen LogP contribution in [0, 0.1) is 0 Å². The molecule has 0 fully saturated rings. The average molecular weight is 536 g/mol. The zero-order valence-electron chi connectivity index (χ0n) is 18.9. The molecule has 174 valence electrons. The van der Waals surface area contributed by atoms with Gasteiger partial charge < -0.3 is 18.9 Å². The van der Waals surface area contributed by atoms with Crippen molar-refractivity contribution in [3.05, 3.63) is 57.5 Å². The highest BCUT2D eigenvalue weighted by molar-refractivity contribution is 9.10. The third-order valence-electron chi connectivity index (χ3n) is 4.30. The van der Waals surface area contributed by atoms with Crippen molar-refractivity contribution in [2.24, 2.45) is 0 Å². The lowest BCUT2D eigenvalue weighted by Crippen LogP contribution is -2.16. The topological polar surface area (TPSA) is 71.1 Å². The van der Waals surface area contributed by atoms with Crippen LogP contribution in [0.15, 0.2) is 46.9 Å². The summed E-state index contributed by atoms with van der Waals surface area (Å²) < 4.78 is 24.3. The standard InChI is InChI=1S/C25H24BrClO6/c1-13(2)30-23-21(33-25(29)16-7-6-8-17(26)11-16)19-10-9-18(27)12-20(19)22(32-15(5)28)24(23)31-14(3)4/h6-14H,1-5H3. The molecular weight excluding hydrogens is 512 g/mol. The van der Waals surface area contributed by atoms with Crippen LogP contribution in [0.5, 0.6) is 23.0 Å². The van der Waals surface area contributed by atoms with Gasteiger partial charge in [0, 0.05) is 27.2 Å². The Morgan fingerprint density at radius 3 is 1.97 bits per heavy atom. The first-order valence-electron chi connectivity index (χ1n) is 10.4. The maximum Gasteiger partial charge on any atom is 0.343 e. The Labute approximate surface area is 205 Å². The zero-order valence-corrected chi connectivity index (χ0v) is 21.2. The normalized spacial score (nSPS) is 11.1. The number of rotatable bonds is 7. The van der Waals surface area contributed by atoms with Crippen LogP contribution in [0.1, 0.15) is 45.0 Å². The molecule has 6 nitrogen and oxygen atoms in total. The highest BCUT2D eigenvalue weighted by atomic mass is 79.9. The van der Waals surface area contributed by atoms with Gasteiger partial charge in [-0.1, -0.05) is 33.6 Å². The molecule has 8 heteroatoms. The van der Waals surface area contributed by atoms with Crippen molar-refractivity contribution in [2.45, 2.75) is 46.8 Å². The van der Waals surface area contributed by atoms with Gasteiger partial charge in [-0.25, -0.2) is 4.79 Å². The minimum Gasteiger partial charge on any atom is -0.484 e. The van der Waals surface area contributed by atoms with E-state index in [1.54, 1.807) is 36.4 Å². The van der Waals surface area contributed by atoms with Gasteiger partial charge in [0.15, 0.2) is 11.5 Å². The van der Waals surface area contributed by atoms with E-state index in [4.69, 9.17) is 30.5 Å². The highest BCUT2D eigenvalue weighted by Gasteiger charge is 2.29. The number of halogens is 2. The van der Waals surface area contributed by atoms with Gasteiger partial charge in [0.2, 0.25) is 11.5 Å². The number of carbonyl (C=O) groups excluding carboxylic acids is 2. The number of hydrogen-bond acceptors (Lipinski definition) is 6. The largest absolute Gasteiger partial charge is 0.484 e. The van der Waals surface area contributed by atoms with Gasteiger partial charge in [0.1, 0.15) is 0 Å². The van der Waals surface area contributed by atoms with E-state index >= 15 is 0 Å². The van der Waals surface area contributed by atoms with Gasteiger partial charge in [-0.05, 0) is 64.1 Å². The van der Waals surface area contributed by atoms with Crippen molar-refractivity contribution in [2.75, 3.05) is 0 Å². The van der Waals surface area contributed by atoms with Crippen molar-refractivity contribution < 1.29 is 28.5 Å². The first kappa shape index (κ1) is 24.9. The molecule has 33 heavy (non-hydrogen) atoms. The fourth-order valence-electron chi connectivity index (χ4n) is 3.15. The third kappa shape index (κ3) is 5.97. The summed E-state index contributed by atoms with van der Waals surface area (Å²) in [5.41, 5.74) is 0.345. The minimum absolute atomic E-state index is 0.145. The smallest absolute Gasteiger partial charge is 0.343 e. The van der Waals surface area contributed by atoms with Crippen LogP contribution in [0.4, 0.5) is 0 Å². The number of ether oxygens (including phenoxy) is 4. The predicted molar refractivity (Wildman–Crippen MR) is 131 cm³/mol. The third-order valence-corrected chi connectivity index (χ3v) is 5.03. The van der Waals surface area contributed by atoms with E-state index in [9.17, 15) is 9.59 Å². The molecule has 0 bridgehead atoms. The molecule has 0 unspecified atom stereocenters. The van der Waals surface area contributed by atoms with Crippen LogP contribution in [-0.2, 0) is 4.79 Å². The summed E-state index contributed by atoms with van der Waals surface area (Å²) >= 11 is 9.62. The molecule has 0 spiro atoms. The van der Waals surface area contributed by atoms with Gasteiger partial charge in [-0.3, -0.25) is 4.79 Å². The van der Waals surface area contributed by atoms with Crippen LogP contribution < -0.4 is 18.9 Å². The molecule has 0 aliphatic rings. The number of fused-ring (bicyclic) bond motifs is 1. The molecule has 3 rings (SSSR count). The van der Waals surface area contributed by atoms with E-state index in [0.29, 0.717) is 21.4 Å². The van der Waals surface area contributed by atoms with E-state index in [2.05, 4.69) is 15.9 Å². The van der Waals surface area contributed by atoms with Crippen LogP contribution in [0.25, 0.3) is 10.8 Å². The van der Waals surface area contributed by atoms with Crippen LogP contribution in [0.3, 0.4) is 0 Å². The fourth-order valence-corrected chi connectivity index (χ4v) is 3.72. The summed E-state index contributed by atoms with van der Waals surface area (Å²) in [6.07, 6.45) is -0.586. The summed E-state index contributed by atoms with van der Waals surface area (Å²) in [5, 5.41) is 1.33. The molecule has 0 N–H and O–H groups in total. The zero-order chi connectivity index (χ0) is 24.3. The number of hydrogen-bond donors (Lipinski definition) is 0. The Morgan fingerprint density at radius 2 is 1.42 bits per heavy atom. The maximum atomic E-state index is 13.1. The summed E-state index contributed by atoms with van der Waals surface area (Å²) in [6.45, 7) is 8.60. The van der Waals surface area contributed by atoms with E-state index in [1.807, 2.05) is 33.8 Å². The van der Waals surface area contributed by atoms with E-state index in [1.165, 1.54) is 6.92 Å². The monoisotopic (exact) mass is 534 g/mol. The first-order valence-corrected chi connectivity index (χ1v) is 11.5. The van der Waals surface area contributed by atoms with E-state index in [0.717, 1.165) is 4.47 Å². The summed E-state index contributed by atoms with van der Waals surface area (Å²) in [7, 11) is 0. The van der Waals surface area contributed by atoms with Gasteiger partial charge >= 0.3 is 11.9 Å². The predicted octanol–water partition coefficient (Wildman–Crippen LogP) is 6.97. The number of esters is 2. The van der Waals surface area contributed by atoms with Gasteiger partial charge in [-0.2, -0.15) is 0 Å². The lowest BCUT2D eigenvalue weighted by molar-refractivity contribution is -0.131. The summed E-state index contributed by atoms with van der Waals surface area (Å²) in [6, 6.07) is 11.8. The Balaban J connectivity index is 2.33. The lowest BCUT2D eigenvalue weighted by Gasteiger charge is -2.24. The second-order valence-corrected chi connectivity index (χ2v) is 9.19. The molecular formula is C25H24BrClO6. The molecule has 3 aromatic rings. The Morgan fingerprint density at radius 1 is 0.818 bits per heavy atom. The Kier molecular flexibility index (Phi) is 7.87. The van der Waals surface area contributed by atoms with Gasteiger partial charge in [0.25, 0.3) is 0 Å². The SMILES string of the molecule is CC(=O)Oc1c(OC(C)C)c(OC(C)C)c(OC(=O)c2cccc(Br)c2)c2ccc(Cl)cc12. The molecule has 0 saturated heterocycles. The average Bonchev–Trinajstić information content (AvgIpc) is 2.72. The molecule has 0 aliphatic carbocycles. The quantitative estimate of drug-likeness (QED) is 0.240. The van der Waals surface area contributed by atoms with Crippen molar-refractivity contribution in [3.63, 3.8) is 0 Å². The molecule has 0 heterocycles. The minimum atomic E-state index is -0.586. The molecule has 0 aromatic heterocycles. The van der Waals surface area contributed by atoms with Crippen molar-refractivity contribution in [1.29, 1.82) is 0 Å². The van der Waals surface area contributed by atoms with E-state index < -0.39 is 11.9 Å². The Hall–Kier alpha value is -2.77. The first-order chi connectivity index (χ1) is 15.6. The summed E-state index contributed by atoms with van der Waals surface area (Å²) in [4.78, 5) is 25.0. The van der Waals surface area contributed by atoms with Crippen molar-refractivity contribution in [3.8, 4) is 23.0 Å². The maximum absolute atomic E-state index is 13.1. The van der Waals surface area contributed by atoms with E-state index in [-0.39, 0.29) is 35.2 Å². The molecule has 0 radical (unpaired) electrons. The molecule has 0 atom stereocenters. The molecule has 0 amide bonds. The second-order valence-electron chi connectivity index (χ2n) is 7.83. The number of carbonyl (C=O) groups is 2. The van der Waals surface area contributed by atoms with Gasteiger partial charge in [-0.15, -0.1) is 0 Å². The lowest BCUT2D eigenvalue weighted by atomic mass is 10.1. The Bertz CT molecular complexity index is 1210. The van der Waals surface area contributed by atoms with Crippen LogP contribution in [-0.4, -0.2) is 24.1 Å². The number of benzene rings is 3. The van der Waals surface area contributed by atoms with Crippen LogP contribution in [0.2, 0.25) is 5.02 Å². The summed E-state index contributed by atoms with van der Waals surface area (Å²) in [5.74, 6) is -0.525. The highest BCUT2D eigenvalue weighted by Crippen LogP contribution is 2.52. The molecule has 0 aliphatic heterocycles. The second kappa shape index (κ2) is 10.4. The van der Waals surface area contributed by atoms with Crippen molar-refractivity contribution >= 4 is 50.2 Å². The fraction of sp³-hybridized carbons (Fsp3) is 0.280. The van der Waals surface area contributed by atoms with Crippen molar-refractivity contribution in [1.82, 2.24) is 0 Å². The molecule has 0 saturated carbocycles. The molecule has 3 aromatic carbocycles. The van der Waals surface area contributed by atoms with Gasteiger partial charge in [0.05, 0.1) is 17.8 Å².